The van der Waals surface area contributed by atoms with Crippen LogP contribution in [-0.2, 0) is 11.2 Å². The Balaban J connectivity index is 1.90. The van der Waals surface area contributed by atoms with Crippen molar-refractivity contribution >= 4 is 0 Å². The van der Waals surface area contributed by atoms with E-state index in [0.717, 1.165) is 19.6 Å². The van der Waals surface area contributed by atoms with Crippen LogP contribution in [0.1, 0.15) is 55.7 Å². The van der Waals surface area contributed by atoms with E-state index >= 15 is 0 Å². The average molecular weight is 289 g/mol. The molecule has 2 atom stereocenters. The summed E-state index contributed by atoms with van der Waals surface area (Å²) in [6.45, 7) is 8.70. The van der Waals surface area contributed by atoms with Crippen LogP contribution in [-0.4, -0.2) is 25.3 Å². The number of ether oxygens (including phenoxy) is 1. The van der Waals surface area contributed by atoms with E-state index < -0.39 is 0 Å². The molecule has 2 unspecified atom stereocenters. The van der Waals surface area contributed by atoms with Gasteiger partial charge in [0, 0.05) is 12.6 Å². The van der Waals surface area contributed by atoms with Crippen molar-refractivity contribution in [3.05, 3.63) is 34.9 Å². The molecule has 118 valence electrons. The van der Waals surface area contributed by atoms with Crippen molar-refractivity contribution in [2.45, 2.75) is 71.4 Å². The van der Waals surface area contributed by atoms with Crippen LogP contribution >= 0.6 is 0 Å². The lowest BCUT2D eigenvalue weighted by Crippen LogP contribution is -2.32. The Morgan fingerprint density at radius 1 is 1.24 bits per heavy atom. The first-order valence-electron chi connectivity index (χ1n) is 8.59. The molecule has 1 aliphatic rings. The maximum absolute atomic E-state index is 5.77. The van der Waals surface area contributed by atoms with Gasteiger partial charge in [-0.1, -0.05) is 36.2 Å². The van der Waals surface area contributed by atoms with E-state index in [-0.39, 0.29) is 0 Å². The van der Waals surface area contributed by atoms with Crippen molar-refractivity contribution in [2.24, 2.45) is 0 Å². The molecule has 1 aliphatic heterocycles. The molecule has 2 nitrogen and oxygen atoms in total. The Labute approximate surface area is 130 Å². The molecule has 2 rings (SSSR count). The van der Waals surface area contributed by atoms with Crippen molar-refractivity contribution in [3.8, 4) is 0 Å². The third kappa shape index (κ3) is 5.80. The third-order valence-electron chi connectivity index (χ3n) is 4.31. The van der Waals surface area contributed by atoms with E-state index in [2.05, 4.69) is 44.3 Å². The first-order valence-corrected chi connectivity index (χ1v) is 8.59. The lowest BCUT2D eigenvalue weighted by atomic mass is 9.97. The van der Waals surface area contributed by atoms with Crippen LogP contribution in [0.2, 0.25) is 0 Å². The minimum Gasteiger partial charge on any atom is -0.378 e. The number of nitrogens with one attached hydrogen (secondary N) is 1. The van der Waals surface area contributed by atoms with Gasteiger partial charge in [0.15, 0.2) is 0 Å². The summed E-state index contributed by atoms with van der Waals surface area (Å²) in [6, 6.07) is 7.50. The van der Waals surface area contributed by atoms with Gasteiger partial charge < -0.3 is 10.1 Å². The van der Waals surface area contributed by atoms with E-state index in [1.807, 2.05) is 0 Å². The van der Waals surface area contributed by atoms with Gasteiger partial charge in [0.25, 0.3) is 0 Å². The molecule has 21 heavy (non-hydrogen) atoms. The number of aryl methyl sites for hydroxylation is 2. The molecule has 1 aromatic rings. The molecule has 0 bridgehead atoms. The van der Waals surface area contributed by atoms with Crippen LogP contribution < -0.4 is 5.32 Å². The van der Waals surface area contributed by atoms with Gasteiger partial charge in [-0.3, -0.25) is 0 Å². The molecule has 2 heteroatoms. The highest BCUT2D eigenvalue weighted by atomic mass is 16.5. The lowest BCUT2D eigenvalue weighted by Gasteiger charge is -2.21. The summed E-state index contributed by atoms with van der Waals surface area (Å²) < 4.78 is 5.77. The summed E-state index contributed by atoms with van der Waals surface area (Å²) >= 11 is 0. The first kappa shape index (κ1) is 16.5. The van der Waals surface area contributed by atoms with Gasteiger partial charge >= 0.3 is 0 Å². The normalized spacial score (nSPS) is 19.9. The molecule has 0 aromatic heterocycles. The van der Waals surface area contributed by atoms with E-state index in [9.17, 15) is 0 Å². The number of hydrogen-bond donors (Lipinski definition) is 1. The lowest BCUT2D eigenvalue weighted by molar-refractivity contribution is 0.0995. The van der Waals surface area contributed by atoms with E-state index in [0.29, 0.717) is 12.1 Å². The monoisotopic (exact) mass is 289 g/mol. The van der Waals surface area contributed by atoms with Gasteiger partial charge in [0.2, 0.25) is 0 Å². The van der Waals surface area contributed by atoms with Crippen LogP contribution in [0.25, 0.3) is 0 Å². The predicted octanol–water partition coefficient (Wildman–Crippen LogP) is 4.17. The number of benzene rings is 1. The van der Waals surface area contributed by atoms with Crippen LogP contribution in [0.3, 0.4) is 0 Å². The molecule has 1 saturated heterocycles. The standard InChI is InChI=1S/C19H31NO/c1-4-9-20-18(7-8-19-6-5-10-21-19)14-17-12-15(2)11-16(3)13-17/h11-13,18-20H,4-10,14H2,1-3H3. The maximum Gasteiger partial charge on any atom is 0.0576 e. The second-order valence-electron chi connectivity index (χ2n) is 6.56. The Morgan fingerprint density at radius 3 is 2.62 bits per heavy atom. The largest absolute Gasteiger partial charge is 0.378 e. The third-order valence-corrected chi connectivity index (χ3v) is 4.31. The summed E-state index contributed by atoms with van der Waals surface area (Å²) in [7, 11) is 0. The fourth-order valence-corrected chi connectivity index (χ4v) is 3.36. The van der Waals surface area contributed by atoms with Gasteiger partial charge in [0.1, 0.15) is 0 Å². The van der Waals surface area contributed by atoms with Gasteiger partial charge in [-0.05, 0) is 64.5 Å². The van der Waals surface area contributed by atoms with Gasteiger partial charge in [0.05, 0.1) is 6.10 Å². The zero-order chi connectivity index (χ0) is 15.1. The second kappa shape index (κ2) is 8.55. The molecule has 0 radical (unpaired) electrons. The van der Waals surface area contributed by atoms with Crippen molar-refractivity contribution in [3.63, 3.8) is 0 Å². The Kier molecular flexibility index (Phi) is 6.72. The molecule has 1 aromatic carbocycles. The fraction of sp³-hybridized carbons (Fsp3) is 0.684. The van der Waals surface area contributed by atoms with E-state index in [1.165, 1.54) is 48.8 Å². The molecular formula is C19H31NO. The van der Waals surface area contributed by atoms with Crippen LogP contribution in [0.15, 0.2) is 18.2 Å². The Bertz CT molecular complexity index is 403. The van der Waals surface area contributed by atoms with Crippen molar-refractivity contribution < 1.29 is 4.74 Å². The molecule has 0 spiro atoms. The summed E-state index contributed by atoms with van der Waals surface area (Å²) in [5.41, 5.74) is 4.21. The minimum atomic E-state index is 0.509. The maximum atomic E-state index is 5.77. The molecular weight excluding hydrogens is 258 g/mol. The summed E-state index contributed by atoms with van der Waals surface area (Å²) in [5.74, 6) is 0. The van der Waals surface area contributed by atoms with Crippen LogP contribution in [0.4, 0.5) is 0 Å². The highest BCUT2D eigenvalue weighted by Crippen LogP contribution is 2.19. The zero-order valence-electron chi connectivity index (χ0n) is 14.0. The molecule has 1 fully saturated rings. The van der Waals surface area contributed by atoms with E-state index in [4.69, 9.17) is 4.74 Å². The van der Waals surface area contributed by atoms with Gasteiger partial charge in [-0.15, -0.1) is 0 Å². The zero-order valence-corrected chi connectivity index (χ0v) is 14.0. The molecule has 0 amide bonds. The van der Waals surface area contributed by atoms with Gasteiger partial charge in [-0.2, -0.15) is 0 Å². The summed E-state index contributed by atoms with van der Waals surface area (Å²) in [5, 5.41) is 3.73. The predicted molar refractivity (Wildman–Crippen MR) is 89.9 cm³/mol. The van der Waals surface area contributed by atoms with E-state index in [1.54, 1.807) is 0 Å². The molecule has 1 heterocycles. The van der Waals surface area contributed by atoms with Crippen molar-refractivity contribution in [2.75, 3.05) is 13.2 Å². The summed E-state index contributed by atoms with van der Waals surface area (Å²) in [6.07, 6.45) is 7.76. The molecule has 1 N–H and O–H groups in total. The fourth-order valence-electron chi connectivity index (χ4n) is 3.36. The topological polar surface area (TPSA) is 21.3 Å². The Morgan fingerprint density at radius 2 is 2.00 bits per heavy atom. The highest BCUT2D eigenvalue weighted by molar-refractivity contribution is 5.29. The van der Waals surface area contributed by atoms with Gasteiger partial charge in [-0.25, -0.2) is 0 Å². The molecule has 0 saturated carbocycles. The van der Waals surface area contributed by atoms with Crippen LogP contribution in [0.5, 0.6) is 0 Å². The SMILES string of the molecule is CCCNC(CCC1CCCO1)Cc1cc(C)cc(C)c1. The number of rotatable bonds is 8. The average Bonchev–Trinajstić information content (AvgIpc) is 2.94. The minimum absolute atomic E-state index is 0.509. The quantitative estimate of drug-likeness (QED) is 0.775. The smallest absolute Gasteiger partial charge is 0.0576 e. The second-order valence-corrected chi connectivity index (χ2v) is 6.56. The number of hydrogen-bond acceptors (Lipinski definition) is 2. The summed E-state index contributed by atoms with van der Waals surface area (Å²) in [4.78, 5) is 0. The highest BCUT2D eigenvalue weighted by Gasteiger charge is 2.18. The first-order chi connectivity index (χ1) is 10.2. The van der Waals surface area contributed by atoms with Crippen molar-refractivity contribution in [1.82, 2.24) is 5.32 Å². The Hall–Kier alpha value is -0.860. The van der Waals surface area contributed by atoms with Crippen molar-refractivity contribution in [1.29, 1.82) is 0 Å². The van der Waals surface area contributed by atoms with Crippen LogP contribution in [0, 0.1) is 13.8 Å². The molecule has 0 aliphatic carbocycles.